The third-order valence-corrected chi connectivity index (χ3v) is 4.39. The Balaban J connectivity index is 2.48. The van der Waals surface area contributed by atoms with Crippen LogP contribution in [0.1, 0.15) is 20.3 Å². The molecule has 0 amide bonds. The molecule has 0 aliphatic rings. The molecule has 0 aliphatic carbocycles. The number of fused-ring (bicyclic) bond motifs is 1. The van der Waals surface area contributed by atoms with Gasteiger partial charge in [0.1, 0.15) is 6.04 Å². The number of ether oxygens (including phenoxy) is 1. The highest BCUT2D eigenvalue weighted by molar-refractivity contribution is 7.80. The van der Waals surface area contributed by atoms with Crippen LogP contribution in [0.3, 0.4) is 0 Å². The van der Waals surface area contributed by atoms with E-state index in [2.05, 4.69) is 0 Å². The molecule has 2 atom stereocenters. The predicted molar refractivity (Wildman–Crippen MR) is 90.6 cm³/mol. The highest BCUT2D eigenvalue weighted by Crippen LogP contribution is 2.27. The number of hydrogen-bond acceptors (Lipinski definition) is 4. The van der Waals surface area contributed by atoms with Gasteiger partial charge in [0.05, 0.1) is 7.11 Å². The highest BCUT2D eigenvalue weighted by atomic mass is 32.2. The number of carbonyl (C=O) groups excluding carboxylic acids is 1. The van der Waals surface area contributed by atoms with Crippen LogP contribution in [-0.2, 0) is 20.8 Å². The van der Waals surface area contributed by atoms with Gasteiger partial charge in [-0.15, -0.1) is 0 Å². The van der Waals surface area contributed by atoms with Gasteiger partial charge in [-0.3, -0.25) is 8.51 Å². The molecule has 0 N–H and O–H groups in total. The number of nitrogens with zero attached hydrogens (tertiary/aromatic N) is 1. The minimum atomic E-state index is -2.58. The lowest BCUT2D eigenvalue weighted by Gasteiger charge is -2.33. The molecule has 0 heterocycles. The van der Waals surface area contributed by atoms with Crippen molar-refractivity contribution in [1.82, 2.24) is 0 Å². The average Bonchev–Trinajstić information content (AvgIpc) is 2.52. The molecule has 0 spiro atoms. The molecule has 5 nitrogen and oxygen atoms in total. The van der Waals surface area contributed by atoms with Crippen LogP contribution in [0.2, 0.25) is 0 Å². The van der Waals surface area contributed by atoms with E-state index in [-0.39, 0.29) is 5.92 Å². The number of hydrogen-bond donors (Lipinski definition) is 0. The molecule has 0 bridgehead atoms. The molecule has 0 radical (unpaired) electrons. The van der Waals surface area contributed by atoms with Gasteiger partial charge in [-0.2, -0.15) is 0 Å². The molecular formula is C17H20NO4S-. The Morgan fingerprint density at radius 3 is 2.43 bits per heavy atom. The Hall–Kier alpha value is -1.92. The van der Waals surface area contributed by atoms with Crippen molar-refractivity contribution >= 4 is 33.7 Å². The van der Waals surface area contributed by atoms with E-state index in [0.29, 0.717) is 12.1 Å². The van der Waals surface area contributed by atoms with E-state index in [1.807, 2.05) is 44.2 Å². The van der Waals surface area contributed by atoms with Gasteiger partial charge in [0.25, 0.3) is 0 Å². The summed E-state index contributed by atoms with van der Waals surface area (Å²) in [4.78, 5) is 12.1. The van der Waals surface area contributed by atoms with E-state index in [1.54, 1.807) is 12.1 Å². The van der Waals surface area contributed by atoms with E-state index < -0.39 is 23.3 Å². The average molecular weight is 334 g/mol. The fraction of sp³-hybridized carbons (Fsp3) is 0.353. The third-order valence-electron chi connectivity index (χ3n) is 3.60. The SMILES string of the molecule is COC(=O)C(CC(C)C)N(c1ccc2ccccc2c1)S(=O)[O-]. The first-order valence-corrected chi connectivity index (χ1v) is 8.42. The van der Waals surface area contributed by atoms with Gasteiger partial charge in [0.15, 0.2) is 0 Å². The normalized spacial score (nSPS) is 13.8. The Morgan fingerprint density at radius 2 is 1.87 bits per heavy atom. The zero-order valence-corrected chi connectivity index (χ0v) is 14.2. The largest absolute Gasteiger partial charge is 0.755 e. The second-order valence-electron chi connectivity index (χ2n) is 5.74. The van der Waals surface area contributed by atoms with E-state index >= 15 is 0 Å². The monoisotopic (exact) mass is 334 g/mol. The second kappa shape index (κ2) is 7.57. The lowest BCUT2D eigenvalue weighted by atomic mass is 10.0. The summed E-state index contributed by atoms with van der Waals surface area (Å²) in [5, 5.41) is 1.92. The fourth-order valence-electron chi connectivity index (χ4n) is 2.55. The van der Waals surface area contributed by atoms with Crippen molar-refractivity contribution < 1.29 is 18.3 Å². The molecule has 0 saturated carbocycles. The summed E-state index contributed by atoms with van der Waals surface area (Å²) in [6.07, 6.45) is 0.382. The second-order valence-corrected chi connectivity index (χ2v) is 6.57. The number of benzene rings is 2. The first-order chi connectivity index (χ1) is 10.9. The van der Waals surface area contributed by atoms with Gasteiger partial charge in [0, 0.05) is 17.0 Å². The molecular weight excluding hydrogens is 314 g/mol. The maximum Gasteiger partial charge on any atom is 0.329 e. The van der Waals surface area contributed by atoms with Crippen LogP contribution in [0.4, 0.5) is 5.69 Å². The van der Waals surface area contributed by atoms with Gasteiger partial charge < -0.3 is 9.29 Å². The molecule has 2 aromatic carbocycles. The van der Waals surface area contributed by atoms with Crippen LogP contribution < -0.4 is 4.31 Å². The van der Waals surface area contributed by atoms with Crippen molar-refractivity contribution in [3.63, 3.8) is 0 Å². The Morgan fingerprint density at radius 1 is 1.22 bits per heavy atom. The molecule has 0 saturated heterocycles. The molecule has 2 rings (SSSR count). The maximum atomic E-state index is 12.1. The van der Waals surface area contributed by atoms with Crippen LogP contribution in [0.5, 0.6) is 0 Å². The van der Waals surface area contributed by atoms with Crippen LogP contribution >= 0.6 is 0 Å². The van der Waals surface area contributed by atoms with Crippen molar-refractivity contribution in [1.29, 1.82) is 0 Å². The van der Waals surface area contributed by atoms with Crippen molar-refractivity contribution in [2.24, 2.45) is 5.92 Å². The molecule has 6 heteroatoms. The Bertz CT molecular complexity index is 717. The van der Waals surface area contributed by atoms with Crippen LogP contribution in [0.25, 0.3) is 10.8 Å². The number of carbonyl (C=O) groups is 1. The van der Waals surface area contributed by atoms with Crippen LogP contribution in [-0.4, -0.2) is 27.9 Å². The van der Waals surface area contributed by atoms with Crippen molar-refractivity contribution in [3.8, 4) is 0 Å². The standard InChI is InChI=1S/C17H21NO4S/c1-12(2)10-16(17(19)22-3)18(23(20)21)15-9-8-13-6-4-5-7-14(13)11-15/h4-9,11-12,16H,10H2,1-3H3,(H,20,21)/p-1. The summed E-state index contributed by atoms with van der Waals surface area (Å²) >= 11 is -2.58. The predicted octanol–water partition coefficient (Wildman–Crippen LogP) is 3.03. The van der Waals surface area contributed by atoms with Gasteiger partial charge in [-0.05, 0) is 35.2 Å². The summed E-state index contributed by atoms with van der Waals surface area (Å²) in [6, 6.07) is 12.1. The van der Waals surface area contributed by atoms with Crippen molar-refractivity contribution in [3.05, 3.63) is 42.5 Å². The van der Waals surface area contributed by atoms with Crippen LogP contribution in [0, 0.1) is 5.92 Å². The van der Waals surface area contributed by atoms with Gasteiger partial charge >= 0.3 is 5.97 Å². The molecule has 0 fully saturated rings. The number of rotatable bonds is 6. The molecule has 2 aromatic rings. The highest BCUT2D eigenvalue weighted by Gasteiger charge is 2.29. The minimum absolute atomic E-state index is 0.144. The van der Waals surface area contributed by atoms with E-state index in [1.165, 1.54) is 7.11 Å². The summed E-state index contributed by atoms with van der Waals surface area (Å²) in [5.41, 5.74) is 0.452. The fourth-order valence-corrected chi connectivity index (χ4v) is 3.22. The molecule has 124 valence electrons. The van der Waals surface area contributed by atoms with Crippen LogP contribution in [0.15, 0.2) is 42.5 Å². The Labute approximate surface area is 138 Å². The Kier molecular flexibility index (Phi) is 5.74. The van der Waals surface area contributed by atoms with Gasteiger partial charge in [-0.25, -0.2) is 4.79 Å². The summed E-state index contributed by atoms with van der Waals surface area (Å²) in [5.74, 6) is -0.415. The third kappa shape index (κ3) is 4.09. The molecule has 2 unspecified atom stereocenters. The lowest BCUT2D eigenvalue weighted by molar-refractivity contribution is -0.142. The number of methoxy groups -OCH3 is 1. The topological polar surface area (TPSA) is 69.7 Å². The quantitative estimate of drug-likeness (QED) is 0.601. The van der Waals surface area contributed by atoms with E-state index in [9.17, 15) is 13.6 Å². The summed E-state index contributed by atoms with van der Waals surface area (Å²) < 4.78 is 29.5. The number of anilines is 1. The van der Waals surface area contributed by atoms with Crippen molar-refractivity contribution in [2.45, 2.75) is 26.3 Å². The lowest BCUT2D eigenvalue weighted by Crippen LogP contribution is -2.44. The van der Waals surface area contributed by atoms with Gasteiger partial charge in [0.2, 0.25) is 0 Å². The molecule has 0 aromatic heterocycles. The smallest absolute Gasteiger partial charge is 0.329 e. The zero-order valence-electron chi connectivity index (χ0n) is 13.4. The minimum Gasteiger partial charge on any atom is -0.755 e. The van der Waals surface area contributed by atoms with E-state index in [4.69, 9.17) is 4.74 Å². The number of esters is 1. The first-order valence-electron chi connectivity index (χ1n) is 7.39. The van der Waals surface area contributed by atoms with Gasteiger partial charge in [-0.1, -0.05) is 44.2 Å². The zero-order chi connectivity index (χ0) is 17.0. The van der Waals surface area contributed by atoms with Crippen molar-refractivity contribution in [2.75, 3.05) is 11.4 Å². The van der Waals surface area contributed by atoms with E-state index in [0.717, 1.165) is 15.1 Å². The first kappa shape index (κ1) is 17.4. The summed E-state index contributed by atoms with van der Waals surface area (Å²) in [7, 11) is 1.27. The maximum absolute atomic E-state index is 12.1. The summed E-state index contributed by atoms with van der Waals surface area (Å²) in [6.45, 7) is 3.87. The molecule has 23 heavy (non-hydrogen) atoms. The molecule has 0 aliphatic heterocycles.